The highest BCUT2D eigenvalue weighted by molar-refractivity contribution is 14.0. The number of amides is 1. The normalized spacial score (nSPS) is 16.4. The lowest BCUT2D eigenvalue weighted by atomic mass is 10.1. The van der Waals surface area contributed by atoms with Gasteiger partial charge in [-0.1, -0.05) is 12.1 Å². The summed E-state index contributed by atoms with van der Waals surface area (Å²) in [4.78, 5) is 16.0. The third-order valence-corrected chi connectivity index (χ3v) is 4.32. The van der Waals surface area contributed by atoms with E-state index in [-0.39, 0.29) is 36.0 Å². The number of hydrogen-bond donors (Lipinski definition) is 3. The van der Waals surface area contributed by atoms with Crippen LogP contribution in [0.3, 0.4) is 0 Å². The van der Waals surface area contributed by atoms with Gasteiger partial charge in [0, 0.05) is 45.5 Å². The van der Waals surface area contributed by atoms with E-state index in [4.69, 9.17) is 9.47 Å². The van der Waals surface area contributed by atoms with Crippen molar-refractivity contribution in [1.82, 2.24) is 16.0 Å². The minimum atomic E-state index is -0.0452. The number of carbonyl (C=O) groups excluding carboxylic acids is 1. The molecule has 1 aromatic carbocycles. The molecule has 0 aliphatic carbocycles. The highest BCUT2D eigenvalue weighted by Crippen LogP contribution is 2.11. The number of aliphatic imine (C=N–C) groups is 1. The lowest BCUT2D eigenvalue weighted by Gasteiger charge is -2.13. The molecule has 0 aromatic heterocycles. The molecule has 2 rings (SSSR count). The Hall–Kier alpha value is -1.39. The second-order valence-corrected chi connectivity index (χ2v) is 6.47. The van der Waals surface area contributed by atoms with E-state index in [0.717, 1.165) is 43.9 Å². The summed E-state index contributed by atoms with van der Waals surface area (Å²) < 4.78 is 11.2. The lowest BCUT2D eigenvalue weighted by molar-refractivity contribution is 0.0168. The molecule has 158 valence electrons. The molecule has 28 heavy (non-hydrogen) atoms. The number of nitrogens with zero attached hydrogens (tertiary/aromatic N) is 1. The van der Waals surface area contributed by atoms with Gasteiger partial charge < -0.3 is 25.4 Å². The van der Waals surface area contributed by atoms with E-state index in [0.29, 0.717) is 31.9 Å². The Bertz CT molecular complexity index is 590. The summed E-state index contributed by atoms with van der Waals surface area (Å²) in [5.41, 5.74) is 1.76. The van der Waals surface area contributed by atoms with Crippen molar-refractivity contribution in [2.45, 2.75) is 38.8 Å². The first-order valence-electron chi connectivity index (χ1n) is 9.74. The maximum atomic E-state index is 11.8. The summed E-state index contributed by atoms with van der Waals surface area (Å²) >= 11 is 0. The van der Waals surface area contributed by atoms with E-state index in [1.165, 1.54) is 0 Å². The molecule has 3 N–H and O–H groups in total. The van der Waals surface area contributed by atoms with Crippen LogP contribution >= 0.6 is 24.0 Å². The standard InChI is InChI=1S/C20H32N4O3.HI/c1-3-22-19(25)17-9-7-16(8-10-17)14-24-20(21-2)23-11-5-12-26-15-18-6-4-13-27-18;/h7-10,18H,3-6,11-15H2,1-2H3,(H,22,25)(H2,21,23,24);1H. The number of hydrogen-bond acceptors (Lipinski definition) is 4. The van der Waals surface area contributed by atoms with Crippen LogP contribution in [-0.2, 0) is 16.0 Å². The van der Waals surface area contributed by atoms with Crippen molar-refractivity contribution in [3.8, 4) is 0 Å². The number of ether oxygens (including phenoxy) is 2. The van der Waals surface area contributed by atoms with Gasteiger partial charge in [-0.05, 0) is 43.9 Å². The average molecular weight is 504 g/mol. The van der Waals surface area contributed by atoms with Crippen molar-refractivity contribution in [2.24, 2.45) is 4.99 Å². The average Bonchev–Trinajstić information content (AvgIpc) is 3.21. The molecule has 0 bridgehead atoms. The first-order chi connectivity index (χ1) is 13.2. The predicted octanol–water partition coefficient (Wildman–Crippen LogP) is 2.31. The topological polar surface area (TPSA) is 84.0 Å². The quantitative estimate of drug-likeness (QED) is 0.197. The van der Waals surface area contributed by atoms with Gasteiger partial charge in [-0.3, -0.25) is 9.79 Å². The molecule has 0 spiro atoms. The predicted molar refractivity (Wildman–Crippen MR) is 122 cm³/mol. The summed E-state index contributed by atoms with van der Waals surface area (Å²) in [6.07, 6.45) is 3.45. The van der Waals surface area contributed by atoms with Crippen molar-refractivity contribution in [2.75, 3.05) is 40.0 Å². The largest absolute Gasteiger partial charge is 0.379 e. The third-order valence-electron chi connectivity index (χ3n) is 4.32. The van der Waals surface area contributed by atoms with Crippen molar-refractivity contribution in [3.63, 3.8) is 0 Å². The molecule has 1 atom stereocenters. The van der Waals surface area contributed by atoms with Crippen LogP contribution in [0, 0.1) is 0 Å². The Morgan fingerprint density at radius 1 is 1.25 bits per heavy atom. The fourth-order valence-corrected chi connectivity index (χ4v) is 2.81. The molecule has 7 nitrogen and oxygen atoms in total. The Kier molecular flexibility index (Phi) is 12.8. The van der Waals surface area contributed by atoms with Crippen LogP contribution in [0.15, 0.2) is 29.3 Å². The van der Waals surface area contributed by atoms with Gasteiger partial charge in [-0.25, -0.2) is 0 Å². The molecule has 1 heterocycles. The smallest absolute Gasteiger partial charge is 0.251 e. The van der Waals surface area contributed by atoms with E-state index in [1.54, 1.807) is 7.05 Å². The van der Waals surface area contributed by atoms with Gasteiger partial charge in [0.15, 0.2) is 5.96 Å². The zero-order valence-corrected chi connectivity index (χ0v) is 19.2. The van der Waals surface area contributed by atoms with Crippen LogP contribution in [0.25, 0.3) is 0 Å². The minimum Gasteiger partial charge on any atom is -0.379 e. The van der Waals surface area contributed by atoms with Crippen molar-refractivity contribution >= 4 is 35.8 Å². The Balaban J connectivity index is 0.00000392. The zero-order valence-electron chi connectivity index (χ0n) is 16.8. The van der Waals surface area contributed by atoms with Gasteiger partial charge in [0.2, 0.25) is 0 Å². The molecule has 1 aromatic rings. The van der Waals surface area contributed by atoms with Gasteiger partial charge in [-0.2, -0.15) is 0 Å². The van der Waals surface area contributed by atoms with E-state index in [9.17, 15) is 4.79 Å². The number of nitrogens with one attached hydrogen (secondary N) is 3. The van der Waals surface area contributed by atoms with E-state index in [2.05, 4.69) is 20.9 Å². The number of benzene rings is 1. The number of rotatable bonds is 10. The molecule has 1 unspecified atom stereocenters. The second kappa shape index (κ2) is 14.6. The third kappa shape index (κ3) is 9.20. The van der Waals surface area contributed by atoms with Gasteiger partial charge in [-0.15, -0.1) is 24.0 Å². The summed E-state index contributed by atoms with van der Waals surface area (Å²) in [6.45, 7) is 6.25. The van der Waals surface area contributed by atoms with E-state index < -0.39 is 0 Å². The molecule has 1 aliphatic rings. The molecule has 0 saturated carbocycles. The molecule has 1 amide bonds. The summed E-state index contributed by atoms with van der Waals surface area (Å²) in [7, 11) is 1.75. The molecule has 1 saturated heterocycles. The Morgan fingerprint density at radius 2 is 2.04 bits per heavy atom. The molecule has 1 fully saturated rings. The van der Waals surface area contributed by atoms with E-state index in [1.807, 2.05) is 31.2 Å². The summed E-state index contributed by atoms with van der Waals surface area (Å²) in [5.74, 6) is 0.707. The number of carbonyl (C=O) groups is 1. The first kappa shape index (κ1) is 24.6. The SMILES string of the molecule is CCNC(=O)c1ccc(CNC(=NC)NCCCOCC2CCCO2)cc1.I. The van der Waals surface area contributed by atoms with Gasteiger partial charge >= 0.3 is 0 Å². The fraction of sp³-hybridized carbons (Fsp3) is 0.600. The zero-order chi connectivity index (χ0) is 19.3. The monoisotopic (exact) mass is 504 g/mol. The van der Waals surface area contributed by atoms with Crippen LogP contribution < -0.4 is 16.0 Å². The minimum absolute atomic E-state index is 0. The number of guanidine groups is 1. The summed E-state index contributed by atoms with van der Waals surface area (Å²) in [5, 5.41) is 9.34. The molecular weight excluding hydrogens is 471 g/mol. The lowest BCUT2D eigenvalue weighted by Crippen LogP contribution is -2.37. The van der Waals surface area contributed by atoms with Gasteiger partial charge in [0.25, 0.3) is 5.91 Å². The Morgan fingerprint density at radius 3 is 2.68 bits per heavy atom. The molecule has 1 aliphatic heterocycles. The van der Waals surface area contributed by atoms with Crippen LogP contribution in [0.2, 0.25) is 0 Å². The van der Waals surface area contributed by atoms with Crippen molar-refractivity contribution < 1.29 is 14.3 Å². The maximum Gasteiger partial charge on any atom is 0.251 e. The van der Waals surface area contributed by atoms with Crippen LogP contribution in [0.4, 0.5) is 0 Å². The fourth-order valence-electron chi connectivity index (χ4n) is 2.81. The molecule has 0 radical (unpaired) electrons. The maximum absolute atomic E-state index is 11.8. The van der Waals surface area contributed by atoms with Crippen molar-refractivity contribution in [3.05, 3.63) is 35.4 Å². The molecular formula is C20H33IN4O3. The highest BCUT2D eigenvalue weighted by atomic mass is 127. The van der Waals surface area contributed by atoms with Gasteiger partial charge in [0.1, 0.15) is 0 Å². The number of halogens is 1. The Labute approximate surface area is 185 Å². The highest BCUT2D eigenvalue weighted by Gasteiger charge is 2.14. The molecule has 8 heteroatoms. The second-order valence-electron chi connectivity index (χ2n) is 6.47. The van der Waals surface area contributed by atoms with E-state index >= 15 is 0 Å². The van der Waals surface area contributed by atoms with Crippen LogP contribution in [0.5, 0.6) is 0 Å². The van der Waals surface area contributed by atoms with Crippen LogP contribution in [0.1, 0.15) is 42.1 Å². The first-order valence-corrected chi connectivity index (χ1v) is 9.74. The summed E-state index contributed by atoms with van der Waals surface area (Å²) in [6, 6.07) is 7.57. The van der Waals surface area contributed by atoms with Crippen molar-refractivity contribution in [1.29, 1.82) is 0 Å². The van der Waals surface area contributed by atoms with Gasteiger partial charge in [0.05, 0.1) is 12.7 Å². The van der Waals surface area contributed by atoms with Crippen LogP contribution in [-0.4, -0.2) is 57.9 Å².